The third-order valence-electron chi connectivity index (χ3n) is 2.84. The standard InChI is InChI=1S/C13H15FN2O3/c1-13(2)11(17)16(12(18)15-13)7-8-19-10-5-3-9(14)4-6-10/h3-6H,7-8H2,1-2H3,(H,15,18). The van der Waals surface area contributed by atoms with Crippen molar-refractivity contribution in [3.63, 3.8) is 0 Å². The van der Waals surface area contributed by atoms with E-state index in [0.29, 0.717) is 5.75 Å². The van der Waals surface area contributed by atoms with E-state index in [9.17, 15) is 14.0 Å². The first-order valence-corrected chi connectivity index (χ1v) is 5.92. The number of carbonyl (C=O) groups excluding carboxylic acids is 2. The average molecular weight is 266 g/mol. The zero-order valence-electron chi connectivity index (χ0n) is 10.8. The Labute approximate surface area is 110 Å². The highest BCUT2D eigenvalue weighted by molar-refractivity contribution is 6.06. The van der Waals surface area contributed by atoms with Gasteiger partial charge in [0.15, 0.2) is 0 Å². The number of hydrogen-bond acceptors (Lipinski definition) is 3. The Hall–Kier alpha value is -2.11. The van der Waals surface area contributed by atoms with Crippen LogP contribution < -0.4 is 10.1 Å². The molecule has 0 radical (unpaired) electrons. The number of ether oxygens (including phenoxy) is 1. The van der Waals surface area contributed by atoms with Gasteiger partial charge in [0.2, 0.25) is 0 Å². The van der Waals surface area contributed by atoms with Crippen molar-refractivity contribution in [2.45, 2.75) is 19.4 Å². The molecule has 1 aromatic carbocycles. The number of benzene rings is 1. The van der Waals surface area contributed by atoms with Crippen LogP contribution in [0.1, 0.15) is 13.8 Å². The molecule has 3 amide bonds. The van der Waals surface area contributed by atoms with Crippen LogP contribution >= 0.6 is 0 Å². The minimum atomic E-state index is -0.868. The topological polar surface area (TPSA) is 58.6 Å². The molecule has 0 spiro atoms. The highest BCUT2D eigenvalue weighted by Crippen LogP contribution is 2.16. The van der Waals surface area contributed by atoms with Crippen LogP contribution in [0.25, 0.3) is 0 Å². The summed E-state index contributed by atoms with van der Waals surface area (Å²) in [5.74, 6) is -0.129. The van der Waals surface area contributed by atoms with E-state index in [0.717, 1.165) is 4.90 Å². The molecule has 19 heavy (non-hydrogen) atoms. The number of imide groups is 1. The highest BCUT2D eigenvalue weighted by Gasteiger charge is 2.43. The van der Waals surface area contributed by atoms with Crippen LogP contribution in [0.5, 0.6) is 5.75 Å². The van der Waals surface area contributed by atoms with E-state index in [2.05, 4.69) is 5.32 Å². The molecule has 0 aromatic heterocycles. The molecule has 102 valence electrons. The highest BCUT2D eigenvalue weighted by atomic mass is 19.1. The maximum absolute atomic E-state index is 12.7. The molecule has 0 unspecified atom stereocenters. The summed E-state index contributed by atoms with van der Waals surface area (Å²) >= 11 is 0. The van der Waals surface area contributed by atoms with E-state index >= 15 is 0 Å². The number of nitrogens with one attached hydrogen (secondary N) is 1. The normalized spacial score (nSPS) is 17.5. The quantitative estimate of drug-likeness (QED) is 0.841. The van der Waals surface area contributed by atoms with Gasteiger partial charge in [0.05, 0.1) is 6.54 Å². The van der Waals surface area contributed by atoms with Gasteiger partial charge in [-0.3, -0.25) is 9.69 Å². The summed E-state index contributed by atoms with van der Waals surface area (Å²) in [6, 6.07) is 5.13. The lowest BCUT2D eigenvalue weighted by molar-refractivity contribution is -0.130. The fraction of sp³-hybridized carbons (Fsp3) is 0.385. The minimum absolute atomic E-state index is 0.158. The van der Waals surface area contributed by atoms with E-state index in [-0.39, 0.29) is 24.9 Å². The molecule has 1 heterocycles. The van der Waals surface area contributed by atoms with Crippen molar-refractivity contribution >= 4 is 11.9 Å². The molecular weight excluding hydrogens is 251 g/mol. The van der Waals surface area contributed by atoms with Crippen LogP contribution in [-0.4, -0.2) is 35.5 Å². The molecule has 1 N–H and O–H groups in total. The Morgan fingerprint density at radius 1 is 1.26 bits per heavy atom. The van der Waals surface area contributed by atoms with Gasteiger partial charge in [-0.25, -0.2) is 9.18 Å². The van der Waals surface area contributed by atoms with Crippen molar-refractivity contribution in [3.05, 3.63) is 30.1 Å². The maximum Gasteiger partial charge on any atom is 0.325 e. The second-order valence-corrected chi connectivity index (χ2v) is 4.81. The van der Waals surface area contributed by atoms with E-state index in [1.54, 1.807) is 13.8 Å². The molecule has 2 rings (SSSR count). The van der Waals surface area contributed by atoms with Gasteiger partial charge in [-0.15, -0.1) is 0 Å². The molecule has 0 saturated carbocycles. The first-order chi connectivity index (χ1) is 8.90. The van der Waals surface area contributed by atoms with Gasteiger partial charge in [0, 0.05) is 0 Å². The summed E-state index contributed by atoms with van der Waals surface area (Å²) in [4.78, 5) is 24.6. The van der Waals surface area contributed by atoms with Crippen molar-refractivity contribution in [2.24, 2.45) is 0 Å². The van der Waals surface area contributed by atoms with Crippen LogP contribution in [0.4, 0.5) is 9.18 Å². The van der Waals surface area contributed by atoms with Crippen LogP contribution in [-0.2, 0) is 4.79 Å². The SMILES string of the molecule is CC1(C)NC(=O)N(CCOc2ccc(F)cc2)C1=O. The largest absolute Gasteiger partial charge is 0.492 e. The number of carbonyl (C=O) groups is 2. The maximum atomic E-state index is 12.7. The van der Waals surface area contributed by atoms with Gasteiger partial charge in [-0.1, -0.05) is 0 Å². The van der Waals surface area contributed by atoms with E-state index in [4.69, 9.17) is 4.74 Å². The second-order valence-electron chi connectivity index (χ2n) is 4.81. The Kier molecular flexibility index (Phi) is 3.42. The number of urea groups is 1. The first kappa shape index (κ1) is 13.3. The molecule has 1 fully saturated rings. The fourth-order valence-corrected chi connectivity index (χ4v) is 1.81. The van der Waals surface area contributed by atoms with Crippen LogP contribution in [0.2, 0.25) is 0 Å². The smallest absolute Gasteiger partial charge is 0.325 e. The summed E-state index contributed by atoms with van der Waals surface area (Å²) in [7, 11) is 0. The zero-order valence-corrected chi connectivity index (χ0v) is 10.8. The molecule has 0 atom stereocenters. The van der Waals surface area contributed by atoms with Crippen LogP contribution in [0.15, 0.2) is 24.3 Å². The summed E-state index contributed by atoms with van der Waals surface area (Å²) < 4.78 is 18.0. The molecule has 1 aliphatic rings. The van der Waals surface area contributed by atoms with Crippen molar-refractivity contribution in [1.29, 1.82) is 0 Å². The monoisotopic (exact) mass is 266 g/mol. The van der Waals surface area contributed by atoms with Gasteiger partial charge in [-0.2, -0.15) is 0 Å². The lowest BCUT2D eigenvalue weighted by Crippen LogP contribution is -2.40. The van der Waals surface area contributed by atoms with Gasteiger partial charge in [0.25, 0.3) is 5.91 Å². The Balaban J connectivity index is 1.88. The molecule has 5 nitrogen and oxygen atoms in total. The van der Waals surface area contributed by atoms with Crippen molar-refractivity contribution in [1.82, 2.24) is 10.2 Å². The molecule has 6 heteroatoms. The fourth-order valence-electron chi connectivity index (χ4n) is 1.81. The molecule has 0 aliphatic carbocycles. The van der Waals surface area contributed by atoms with Crippen molar-refractivity contribution in [3.8, 4) is 5.75 Å². The van der Waals surface area contributed by atoms with Crippen LogP contribution in [0, 0.1) is 5.82 Å². The van der Waals surface area contributed by atoms with E-state index < -0.39 is 11.6 Å². The second kappa shape index (κ2) is 4.87. The predicted octanol–water partition coefficient (Wildman–Crippen LogP) is 1.53. The third-order valence-corrected chi connectivity index (χ3v) is 2.84. The van der Waals surface area contributed by atoms with Gasteiger partial charge in [0.1, 0.15) is 23.7 Å². The van der Waals surface area contributed by atoms with E-state index in [1.165, 1.54) is 24.3 Å². The number of amides is 3. The van der Waals surface area contributed by atoms with Crippen molar-refractivity contribution < 1.29 is 18.7 Å². The Bertz CT molecular complexity index is 499. The number of nitrogens with zero attached hydrogens (tertiary/aromatic N) is 1. The molecule has 1 aliphatic heterocycles. The van der Waals surface area contributed by atoms with E-state index in [1.807, 2.05) is 0 Å². The van der Waals surface area contributed by atoms with Crippen molar-refractivity contribution in [2.75, 3.05) is 13.2 Å². The van der Waals surface area contributed by atoms with Gasteiger partial charge >= 0.3 is 6.03 Å². The summed E-state index contributed by atoms with van der Waals surface area (Å²) in [5, 5.41) is 2.58. The predicted molar refractivity (Wildman–Crippen MR) is 66.2 cm³/mol. The number of halogens is 1. The molecule has 1 aromatic rings. The van der Waals surface area contributed by atoms with Gasteiger partial charge in [-0.05, 0) is 38.1 Å². The summed E-state index contributed by atoms with van der Waals surface area (Å²) in [5.41, 5.74) is -0.868. The third kappa shape index (κ3) is 2.83. The van der Waals surface area contributed by atoms with Crippen LogP contribution in [0.3, 0.4) is 0 Å². The minimum Gasteiger partial charge on any atom is -0.492 e. The zero-order chi connectivity index (χ0) is 14.0. The summed E-state index contributed by atoms with van der Waals surface area (Å²) in [6.45, 7) is 3.62. The lowest BCUT2D eigenvalue weighted by atomic mass is 10.1. The number of rotatable bonds is 4. The van der Waals surface area contributed by atoms with Gasteiger partial charge < -0.3 is 10.1 Å². The molecular formula is C13H15FN2O3. The lowest BCUT2D eigenvalue weighted by Gasteiger charge is -2.16. The first-order valence-electron chi connectivity index (χ1n) is 5.92. The number of hydrogen-bond donors (Lipinski definition) is 1. The summed E-state index contributed by atoms with van der Waals surface area (Å²) in [6.07, 6.45) is 0. The molecule has 0 bridgehead atoms. The molecule has 1 saturated heterocycles. The average Bonchev–Trinajstić information content (AvgIpc) is 2.53. The Morgan fingerprint density at radius 3 is 2.42 bits per heavy atom. The Morgan fingerprint density at radius 2 is 1.89 bits per heavy atom.